The highest BCUT2D eigenvalue weighted by Gasteiger charge is 2.62. The Labute approximate surface area is 102 Å². The molecule has 1 saturated carbocycles. The van der Waals surface area contributed by atoms with Gasteiger partial charge in [-0.05, 0) is 30.9 Å². The van der Waals surface area contributed by atoms with Gasteiger partial charge in [0.05, 0.1) is 13.2 Å². The topological polar surface area (TPSA) is 18.5 Å². The average molecular weight is 230 g/mol. The Morgan fingerprint density at radius 2 is 1.94 bits per heavy atom. The summed E-state index contributed by atoms with van der Waals surface area (Å²) >= 11 is 0. The molecule has 2 fully saturated rings. The number of hydrogen-bond donors (Lipinski definition) is 0. The highest BCUT2D eigenvalue weighted by atomic mass is 16.7. The number of hydrogen-bond acceptors (Lipinski definition) is 2. The molecule has 1 heterocycles. The van der Waals surface area contributed by atoms with Crippen LogP contribution < -0.4 is 0 Å². The van der Waals surface area contributed by atoms with Gasteiger partial charge < -0.3 is 9.47 Å². The Balaban J connectivity index is 1.90. The Bertz CT molecular complexity index is 457. The second-order valence-electron chi connectivity index (χ2n) is 5.65. The lowest BCUT2D eigenvalue weighted by molar-refractivity contribution is -0.249. The van der Waals surface area contributed by atoms with Gasteiger partial charge in [-0.15, -0.1) is 0 Å². The Morgan fingerprint density at radius 3 is 2.59 bits per heavy atom. The van der Waals surface area contributed by atoms with Crippen LogP contribution in [0.25, 0.3) is 0 Å². The molecule has 4 aliphatic rings. The first kappa shape index (κ1) is 10.1. The maximum absolute atomic E-state index is 6.09. The number of ether oxygens (including phenoxy) is 2. The molecule has 0 bridgehead atoms. The van der Waals surface area contributed by atoms with Crippen LogP contribution in [0.3, 0.4) is 0 Å². The second-order valence-corrected chi connectivity index (χ2v) is 5.65. The average Bonchev–Trinajstić information content (AvgIpc) is 2.86. The molecule has 0 aromatic carbocycles. The van der Waals surface area contributed by atoms with Crippen LogP contribution in [-0.2, 0) is 9.47 Å². The maximum atomic E-state index is 6.09. The lowest BCUT2D eigenvalue weighted by atomic mass is 9.54. The van der Waals surface area contributed by atoms with Crippen LogP contribution in [0.15, 0.2) is 34.9 Å². The van der Waals surface area contributed by atoms with Crippen LogP contribution in [0.2, 0.25) is 0 Å². The summed E-state index contributed by atoms with van der Waals surface area (Å²) in [6.07, 6.45) is 11.3. The van der Waals surface area contributed by atoms with E-state index >= 15 is 0 Å². The summed E-state index contributed by atoms with van der Waals surface area (Å²) < 4.78 is 12.2. The van der Waals surface area contributed by atoms with Crippen molar-refractivity contribution in [3.63, 3.8) is 0 Å². The van der Waals surface area contributed by atoms with Crippen molar-refractivity contribution in [2.24, 2.45) is 5.41 Å². The van der Waals surface area contributed by atoms with Gasteiger partial charge in [0.25, 0.3) is 0 Å². The molecular formula is C15H18O2. The SMILES string of the molecule is CC1=C2C=CC=C2CC2(OCCO2)C12CCC2. The van der Waals surface area contributed by atoms with Crippen molar-refractivity contribution in [1.82, 2.24) is 0 Å². The minimum atomic E-state index is -0.337. The maximum Gasteiger partial charge on any atom is 0.181 e. The van der Waals surface area contributed by atoms with Gasteiger partial charge in [0.2, 0.25) is 0 Å². The molecule has 0 radical (unpaired) electrons. The normalized spacial score (nSPS) is 31.9. The summed E-state index contributed by atoms with van der Waals surface area (Å²) in [7, 11) is 0. The van der Waals surface area contributed by atoms with Gasteiger partial charge in [0.1, 0.15) is 0 Å². The van der Waals surface area contributed by atoms with E-state index in [0.29, 0.717) is 0 Å². The van der Waals surface area contributed by atoms with E-state index in [2.05, 4.69) is 25.2 Å². The zero-order valence-corrected chi connectivity index (χ0v) is 10.3. The van der Waals surface area contributed by atoms with Crippen molar-refractivity contribution in [2.75, 3.05) is 13.2 Å². The van der Waals surface area contributed by atoms with E-state index in [1.165, 1.54) is 36.0 Å². The minimum absolute atomic E-state index is 0.171. The minimum Gasteiger partial charge on any atom is -0.346 e. The number of allylic oxidation sites excluding steroid dienone is 4. The van der Waals surface area contributed by atoms with Crippen molar-refractivity contribution in [3.8, 4) is 0 Å². The predicted molar refractivity (Wildman–Crippen MR) is 65.5 cm³/mol. The molecule has 4 rings (SSSR count). The standard InChI is InChI=1S/C15H18O2/c1-11-13-5-2-4-12(13)10-15(16-8-9-17-15)14(11)6-3-7-14/h2,4-5H,3,6-10H2,1H3. The Kier molecular flexibility index (Phi) is 1.85. The van der Waals surface area contributed by atoms with E-state index in [9.17, 15) is 0 Å². The van der Waals surface area contributed by atoms with E-state index in [-0.39, 0.29) is 11.2 Å². The Hall–Kier alpha value is -0.860. The predicted octanol–water partition coefficient (Wildman–Crippen LogP) is 3.12. The van der Waals surface area contributed by atoms with Crippen molar-refractivity contribution in [1.29, 1.82) is 0 Å². The molecule has 2 heteroatoms. The molecule has 0 amide bonds. The third kappa shape index (κ3) is 1.04. The largest absolute Gasteiger partial charge is 0.346 e. The van der Waals surface area contributed by atoms with Gasteiger partial charge in [-0.25, -0.2) is 0 Å². The molecule has 1 aliphatic heterocycles. The molecule has 2 nitrogen and oxygen atoms in total. The first-order valence-electron chi connectivity index (χ1n) is 6.64. The third-order valence-electron chi connectivity index (χ3n) is 5.14. The van der Waals surface area contributed by atoms with E-state index in [1.807, 2.05) is 0 Å². The molecule has 0 atom stereocenters. The van der Waals surface area contributed by atoms with Crippen molar-refractivity contribution < 1.29 is 9.47 Å². The number of rotatable bonds is 0. The molecule has 0 aromatic heterocycles. The first-order valence-corrected chi connectivity index (χ1v) is 6.64. The van der Waals surface area contributed by atoms with E-state index < -0.39 is 0 Å². The molecule has 0 N–H and O–H groups in total. The summed E-state index contributed by atoms with van der Waals surface area (Å²) in [4.78, 5) is 0. The summed E-state index contributed by atoms with van der Waals surface area (Å²) in [6, 6.07) is 0. The molecule has 3 aliphatic carbocycles. The summed E-state index contributed by atoms with van der Waals surface area (Å²) in [5, 5.41) is 0. The Morgan fingerprint density at radius 1 is 1.18 bits per heavy atom. The third-order valence-corrected chi connectivity index (χ3v) is 5.14. The van der Waals surface area contributed by atoms with E-state index in [1.54, 1.807) is 0 Å². The van der Waals surface area contributed by atoms with Crippen LogP contribution in [0.1, 0.15) is 32.6 Å². The lowest BCUT2D eigenvalue weighted by Gasteiger charge is -2.56. The molecule has 90 valence electrons. The summed E-state index contributed by atoms with van der Waals surface area (Å²) in [5.74, 6) is -0.337. The van der Waals surface area contributed by atoms with Crippen LogP contribution >= 0.6 is 0 Å². The highest BCUT2D eigenvalue weighted by molar-refractivity contribution is 5.56. The highest BCUT2D eigenvalue weighted by Crippen LogP contribution is 2.63. The molecule has 0 aromatic rings. The van der Waals surface area contributed by atoms with Crippen molar-refractivity contribution in [3.05, 3.63) is 34.9 Å². The molecule has 17 heavy (non-hydrogen) atoms. The van der Waals surface area contributed by atoms with E-state index in [0.717, 1.165) is 19.6 Å². The fourth-order valence-electron chi connectivity index (χ4n) is 4.06. The molecule has 1 saturated heterocycles. The summed E-state index contributed by atoms with van der Waals surface area (Å²) in [6.45, 7) is 3.79. The van der Waals surface area contributed by atoms with Crippen molar-refractivity contribution in [2.45, 2.75) is 38.4 Å². The van der Waals surface area contributed by atoms with Crippen LogP contribution in [0.4, 0.5) is 0 Å². The smallest absolute Gasteiger partial charge is 0.181 e. The zero-order chi connectivity index (χ0) is 11.5. The molecular weight excluding hydrogens is 212 g/mol. The van der Waals surface area contributed by atoms with Crippen LogP contribution in [0, 0.1) is 5.41 Å². The quantitative estimate of drug-likeness (QED) is 0.636. The monoisotopic (exact) mass is 230 g/mol. The zero-order valence-electron chi connectivity index (χ0n) is 10.3. The van der Waals surface area contributed by atoms with Gasteiger partial charge in [0, 0.05) is 11.8 Å². The van der Waals surface area contributed by atoms with Gasteiger partial charge in [0.15, 0.2) is 5.79 Å². The first-order chi connectivity index (χ1) is 8.28. The van der Waals surface area contributed by atoms with Gasteiger partial charge in [-0.3, -0.25) is 0 Å². The second kappa shape index (κ2) is 3.12. The van der Waals surface area contributed by atoms with Crippen LogP contribution in [-0.4, -0.2) is 19.0 Å². The van der Waals surface area contributed by atoms with Gasteiger partial charge in [-0.1, -0.05) is 30.2 Å². The number of fused-ring (bicyclic) bond motifs is 2. The fourth-order valence-corrected chi connectivity index (χ4v) is 4.06. The lowest BCUT2D eigenvalue weighted by Crippen LogP contribution is -2.56. The molecule has 2 spiro atoms. The van der Waals surface area contributed by atoms with Crippen LogP contribution in [0.5, 0.6) is 0 Å². The van der Waals surface area contributed by atoms with Gasteiger partial charge in [-0.2, -0.15) is 0 Å². The fraction of sp³-hybridized carbons (Fsp3) is 0.600. The van der Waals surface area contributed by atoms with Crippen molar-refractivity contribution >= 4 is 0 Å². The van der Waals surface area contributed by atoms with E-state index in [4.69, 9.17) is 9.47 Å². The summed E-state index contributed by atoms with van der Waals surface area (Å²) in [5.41, 5.74) is 4.53. The molecule has 0 unspecified atom stereocenters. The van der Waals surface area contributed by atoms with Gasteiger partial charge >= 0.3 is 0 Å².